The van der Waals surface area contributed by atoms with E-state index in [4.69, 9.17) is 17.2 Å². The molecule has 0 bridgehead atoms. The Bertz CT molecular complexity index is 874. The number of hydrogen-bond acceptors (Lipinski definition) is 3. The number of nitrogens with zero attached hydrogens (tertiary/aromatic N) is 4. The topological polar surface area (TPSA) is 65.4 Å². The number of nitrogens with one attached hydrogen (secondary N) is 2. The lowest BCUT2D eigenvalue weighted by Crippen LogP contribution is -2.43. The summed E-state index contributed by atoms with van der Waals surface area (Å²) in [7, 11) is 0. The second kappa shape index (κ2) is 9.78. The number of para-hydroxylation sites is 1. The van der Waals surface area contributed by atoms with Gasteiger partial charge in [0.25, 0.3) is 0 Å². The maximum absolute atomic E-state index is 5.58. The van der Waals surface area contributed by atoms with Gasteiger partial charge in [0, 0.05) is 30.2 Å². The highest BCUT2D eigenvalue weighted by atomic mass is 32.1. The summed E-state index contributed by atoms with van der Waals surface area (Å²) in [6.45, 7) is 10.2. The molecule has 2 N–H and O–H groups in total. The van der Waals surface area contributed by atoms with Crippen LogP contribution in [0.1, 0.15) is 43.6 Å². The van der Waals surface area contributed by atoms with Crippen molar-refractivity contribution >= 4 is 34.9 Å². The molecule has 0 saturated carbocycles. The highest BCUT2D eigenvalue weighted by Gasteiger charge is 2.21. The second-order valence-corrected chi connectivity index (χ2v) is 8.06. The lowest BCUT2D eigenvalue weighted by atomic mass is 10.0. The molecule has 6 nitrogen and oxygen atoms in total. The molecule has 2 heterocycles. The fourth-order valence-corrected chi connectivity index (χ4v) is 3.83. The zero-order chi connectivity index (χ0) is 20.8. The van der Waals surface area contributed by atoms with Gasteiger partial charge in [-0.2, -0.15) is 4.99 Å². The first-order chi connectivity index (χ1) is 13.9. The summed E-state index contributed by atoms with van der Waals surface area (Å²) in [6, 6.07) is 10.1. The molecule has 1 aromatic carbocycles. The fraction of sp³-hybridized carbons (Fsp3) is 0.455. The van der Waals surface area contributed by atoms with Crippen LogP contribution in [-0.2, 0) is 6.42 Å². The Morgan fingerprint density at radius 3 is 2.62 bits per heavy atom. The standard InChI is InChI=1S/C22H30N6S/c1-5-18-10-6-7-11-19(18)25-22(29)27-21(28-12-8-9-15(2)14-28)26-20-23-16(3)13-17(4)24-20/h6-7,10-11,13,15H,5,8-9,12,14H2,1-4H3,(H2,23,24,25,26,27,29). The average molecular weight is 411 g/mol. The third kappa shape index (κ3) is 5.97. The van der Waals surface area contributed by atoms with Crippen molar-refractivity contribution in [3.8, 4) is 0 Å². The molecule has 1 aliphatic rings. The van der Waals surface area contributed by atoms with Crippen LogP contribution in [0.2, 0.25) is 0 Å². The van der Waals surface area contributed by atoms with Gasteiger partial charge in [0.05, 0.1) is 0 Å². The molecule has 3 rings (SSSR count). The molecule has 1 aliphatic heterocycles. The Morgan fingerprint density at radius 2 is 1.93 bits per heavy atom. The zero-order valence-electron chi connectivity index (χ0n) is 17.7. The van der Waals surface area contributed by atoms with Crippen LogP contribution in [0.25, 0.3) is 0 Å². The molecule has 2 aromatic rings. The van der Waals surface area contributed by atoms with E-state index < -0.39 is 0 Å². The molecule has 1 fully saturated rings. The van der Waals surface area contributed by atoms with Crippen LogP contribution < -0.4 is 10.6 Å². The molecular formula is C22H30N6S. The number of aryl methyl sites for hydroxylation is 3. The molecular weight excluding hydrogens is 380 g/mol. The van der Waals surface area contributed by atoms with Gasteiger partial charge in [-0.25, -0.2) is 9.97 Å². The monoisotopic (exact) mass is 410 g/mol. The summed E-state index contributed by atoms with van der Waals surface area (Å²) in [5.41, 5.74) is 4.05. The van der Waals surface area contributed by atoms with Crippen LogP contribution in [0.4, 0.5) is 11.6 Å². The molecule has 1 atom stereocenters. The maximum Gasteiger partial charge on any atom is 0.229 e. The number of benzene rings is 1. The number of likely N-dealkylation sites (tertiary alicyclic amines) is 1. The molecule has 0 aliphatic carbocycles. The van der Waals surface area contributed by atoms with E-state index in [0.717, 1.165) is 43.0 Å². The van der Waals surface area contributed by atoms with E-state index in [-0.39, 0.29) is 0 Å². The fourth-order valence-electron chi connectivity index (χ4n) is 3.63. The molecule has 154 valence electrons. The van der Waals surface area contributed by atoms with Crippen molar-refractivity contribution in [3.05, 3.63) is 47.3 Å². The maximum atomic E-state index is 5.58. The highest BCUT2D eigenvalue weighted by Crippen LogP contribution is 2.18. The molecule has 0 spiro atoms. The second-order valence-electron chi connectivity index (χ2n) is 7.67. The quantitative estimate of drug-likeness (QED) is 0.440. The SMILES string of the molecule is CCc1ccccc1NC(=S)/N=C(/Nc1nc(C)cc(C)n1)N1CCCC(C)C1. The van der Waals surface area contributed by atoms with Gasteiger partial charge in [-0.1, -0.05) is 32.0 Å². The number of aliphatic imine (C=N–C) groups is 1. The first-order valence-electron chi connectivity index (χ1n) is 10.3. The Kier molecular flexibility index (Phi) is 7.14. The van der Waals surface area contributed by atoms with E-state index in [9.17, 15) is 0 Å². The molecule has 1 unspecified atom stereocenters. The van der Waals surface area contributed by atoms with Crippen LogP contribution in [0.15, 0.2) is 35.3 Å². The molecule has 0 radical (unpaired) electrons. The van der Waals surface area contributed by atoms with Crippen LogP contribution >= 0.6 is 12.2 Å². The number of thiocarbonyl (C=S) groups is 1. The normalized spacial score (nSPS) is 17.2. The molecule has 29 heavy (non-hydrogen) atoms. The van der Waals surface area contributed by atoms with Gasteiger partial charge in [-0.3, -0.25) is 5.32 Å². The van der Waals surface area contributed by atoms with E-state index in [1.807, 2.05) is 38.1 Å². The summed E-state index contributed by atoms with van der Waals surface area (Å²) in [4.78, 5) is 16.0. The van der Waals surface area contributed by atoms with Crippen molar-refractivity contribution in [2.45, 2.75) is 47.0 Å². The number of anilines is 2. The largest absolute Gasteiger partial charge is 0.342 e. The third-order valence-corrected chi connectivity index (χ3v) is 5.20. The summed E-state index contributed by atoms with van der Waals surface area (Å²) >= 11 is 5.58. The van der Waals surface area contributed by atoms with Gasteiger partial charge in [0.15, 0.2) is 0 Å². The Morgan fingerprint density at radius 1 is 1.21 bits per heavy atom. The van der Waals surface area contributed by atoms with E-state index in [1.165, 1.54) is 12.0 Å². The van der Waals surface area contributed by atoms with E-state index >= 15 is 0 Å². The van der Waals surface area contributed by atoms with E-state index in [2.05, 4.69) is 45.4 Å². The zero-order valence-corrected chi connectivity index (χ0v) is 18.5. The van der Waals surface area contributed by atoms with E-state index in [1.54, 1.807) is 0 Å². The van der Waals surface area contributed by atoms with E-state index in [0.29, 0.717) is 22.9 Å². The van der Waals surface area contributed by atoms with Crippen molar-refractivity contribution in [1.82, 2.24) is 14.9 Å². The smallest absolute Gasteiger partial charge is 0.229 e. The third-order valence-electron chi connectivity index (χ3n) is 5.01. The first kappa shape index (κ1) is 21.2. The van der Waals surface area contributed by atoms with Crippen LogP contribution in [-0.4, -0.2) is 39.0 Å². The minimum absolute atomic E-state index is 0.427. The molecule has 1 saturated heterocycles. The first-order valence-corrected chi connectivity index (χ1v) is 10.7. The number of rotatable bonds is 3. The summed E-state index contributed by atoms with van der Waals surface area (Å²) in [6.07, 6.45) is 3.30. The van der Waals surface area contributed by atoms with Crippen LogP contribution in [0, 0.1) is 19.8 Å². The average Bonchev–Trinajstić information content (AvgIpc) is 2.67. The van der Waals surface area contributed by atoms with Gasteiger partial charge < -0.3 is 10.2 Å². The lowest BCUT2D eigenvalue weighted by Gasteiger charge is -2.33. The minimum atomic E-state index is 0.427. The minimum Gasteiger partial charge on any atom is -0.342 e. The Balaban J connectivity index is 1.85. The number of aromatic nitrogens is 2. The van der Waals surface area contributed by atoms with Gasteiger partial charge in [-0.15, -0.1) is 0 Å². The summed E-state index contributed by atoms with van der Waals surface area (Å²) < 4.78 is 0. The molecule has 1 aromatic heterocycles. The predicted molar refractivity (Wildman–Crippen MR) is 125 cm³/mol. The Labute approximate surface area is 178 Å². The van der Waals surface area contributed by atoms with Crippen molar-refractivity contribution in [2.75, 3.05) is 23.7 Å². The number of guanidine groups is 1. The highest BCUT2D eigenvalue weighted by molar-refractivity contribution is 7.80. The van der Waals surface area contributed by atoms with Crippen molar-refractivity contribution in [3.63, 3.8) is 0 Å². The number of hydrogen-bond donors (Lipinski definition) is 2. The molecule has 0 amide bonds. The van der Waals surface area contributed by atoms with Crippen LogP contribution in [0.5, 0.6) is 0 Å². The van der Waals surface area contributed by atoms with Crippen molar-refractivity contribution < 1.29 is 0 Å². The van der Waals surface area contributed by atoms with Gasteiger partial charge >= 0.3 is 0 Å². The van der Waals surface area contributed by atoms with Gasteiger partial charge in [0.2, 0.25) is 17.0 Å². The van der Waals surface area contributed by atoms with Crippen LogP contribution in [0.3, 0.4) is 0 Å². The Hall–Kier alpha value is -2.54. The van der Waals surface area contributed by atoms with Crippen molar-refractivity contribution in [1.29, 1.82) is 0 Å². The molecule has 7 heteroatoms. The van der Waals surface area contributed by atoms with Gasteiger partial charge in [-0.05, 0) is 68.9 Å². The van der Waals surface area contributed by atoms with Crippen molar-refractivity contribution in [2.24, 2.45) is 10.9 Å². The predicted octanol–water partition coefficient (Wildman–Crippen LogP) is 4.55. The summed E-state index contributed by atoms with van der Waals surface area (Å²) in [5.74, 6) is 1.86. The lowest BCUT2D eigenvalue weighted by molar-refractivity contribution is 0.273. The summed E-state index contributed by atoms with van der Waals surface area (Å²) in [5, 5.41) is 7.04. The number of piperidine rings is 1. The van der Waals surface area contributed by atoms with Gasteiger partial charge in [0.1, 0.15) is 0 Å².